The third-order valence-corrected chi connectivity index (χ3v) is 3.54. The van der Waals surface area contributed by atoms with Gasteiger partial charge in [0.1, 0.15) is 0 Å². The minimum atomic E-state index is 0. The first kappa shape index (κ1) is 19.2. The highest BCUT2D eigenvalue weighted by atomic mass is 35.5. The van der Waals surface area contributed by atoms with Gasteiger partial charge < -0.3 is 10.6 Å². The van der Waals surface area contributed by atoms with Crippen LogP contribution < -0.4 is 10.6 Å². The number of amides is 1. The number of carbonyl (C=O) groups excluding carboxylic acids is 1. The smallest absolute Gasteiger partial charge is 0.220 e. The number of carbonyl (C=O) groups is 1. The van der Waals surface area contributed by atoms with Crippen LogP contribution in [0.5, 0.6) is 0 Å². The van der Waals surface area contributed by atoms with Gasteiger partial charge in [0.15, 0.2) is 0 Å². The standard InChI is InChI=1S/C17H24N4O.ClH/c1-13-11-14(2)21(20-13)16-8-5-4-7-15(16)12-19-17(22)9-6-10-18-3;/h4-5,7-8,11,18H,6,9-10,12H2,1-3H3,(H,19,22);1H. The van der Waals surface area contributed by atoms with Crippen molar-refractivity contribution in [3.8, 4) is 5.69 Å². The minimum Gasteiger partial charge on any atom is -0.352 e. The zero-order chi connectivity index (χ0) is 15.9. The second-order valence-corrected chi connectivity index (χ2v) is 5.45. The van der Waals surface area contributed by atoms with E-state index >= 15 is 0 Å². The molecule has 0 unspecified atom stereocenters. The van der Waals surface area contributed by atoms with Gasteiger partial charge in [0.05, 0.1) is 11.4 Å². The first-order chi connectivity index (χ1) is 10.6. The Morgan fingerprint density at radius 2 is 2.00 bits per heavy atom. The maximum Gasteiger partial charge on any atom is 0.220 e. The van der Waals surface area contributed by atoms with Crippen molar-refractivity contribution in [1.82, 2.24) is 20.4 Å². The Balaban J connectivity index is 0.00000264. The summed E-state index contributed by atoms with van der Waals surface area (Å²) in [4.78, 5) is 11.8. The fraction of sp³-hybridized carbons (Fsp3) is 0.412. The molecule has 2 N–H and O–H groups in total. The van der Waals surface area contributed by atoms with Crippen molar-refractivity contribution >= 4 is 18.3 Å². The average molecular weight is 337 g/mol. The molecule has 0 radical (unpaired) electrons. The molecule has 5 nitrogen and oxygen atoms in total. The molecule has 2 rings (SSSR count). The topological polar surface area (TPSA) is 59.0 Å². The van der Waals surface area contributed by atoms with Gasteiger partial charge in [0, 0.05) is 18.7 Å². The number of aromatic nitrogens is 2. The van der Waals surface area contributed by atoms with E-state index in [1.165, 1.54) is 0 Å². The zero-order valence-electron chi connectivity index (χ0n) is 13.9. The Hall–Kier alpha value is -1.85. The van der Waals surface area contributed by atoms with Crippen molar-refractivity contribution in [2.45, 2.75) is 33.2 Å². The predicted octanol–water partition coefficient (Wildman–Crippen LogP) is 2.53. The van der Waals surface area contributed by atoms with Crippen molar-refractivity contribution in [1.29, 1.82) is 0 Å². The number of nitrogens with zero attached hydrogens (tertiary/aromatic N) is 2. The second-order valence-electron chi connectivity index (χ2n) is 5.45. The monoisotopic (exact) mass is 336 g/mol. The van der Waals surface area contributed by atoms with Crippen LogP contribution in [-0.4, -0.2) is 29.3 Å². The predicted molar refractivity (Wildman–Crippen MR) is 95.3 cm³/mol. The lowest BCUT2D eigenvalue weighted by atomic mass is 10.1. The molecular formula is C17H25ClN4O. The summed E-state index contributed by atoms with van der Waals surface area (Å²) in [6.45, 7) is 5.39. The SMILES string of the molecule is CNCCCC(=O)NCc1ccccc1-n1nc(C)cc1C.Cl. The van der Waals surface area contributed by atoms with Crippen LogP contribution in [0.25, 0.3) is 5.69 Å². The van der Waals surface area contributed by atoms with E-state index in [2.05, 4.69) is 15.7 Å². The van der Waals surface area contributed by atoms with E-state index in [1.807, 2.05) is 55.9 Å². The molecule has 0 atom stereocenters. The van der Waals surface area contributed by atoms with Crippen molar-refractivity contribution in [2.75, 3.05) is 13.6 Å². The summed E-state index contributed by atoms with van der Waals surface area (Å²) < 4.78 is 1.93. The van der Waals surface area contributed by atoms with Crippen LogP contribution in [0.15, 0.2) is 30.3 Å². The Morgan fingerprint density at radius 3 is 2.65 bits per heavy atom. The third kappa shape index (κ3) is 5.37. The normalized spacial score (nSPS) is 10.2. The van der Waals surface area contributed by atoms with E-state index in [0.717, 1.165) is 35.6 Å². The number of aryl methyl sites for hydroxylation is 2. The summed E-state index contributed by atoms with van der Waals surface area (Å²) in [5, 5.41) is 10.6. The molecule has 1 aromatic carbocycles. The van der Waals surface area contributed by atoms with Gasteiger partial charge in [-0.1, -0.05) is 18.2 Å². The fourth-order valence-corrected chi connectivity index (χ4v) is 2.45. The summed E-state index contributed by atoms with van der Waals surface area (Å²) >= 11 is 0. The van der Waals surface area contributed by atoms with Crippen LogP contribution >= 0.6 is 12.4 Å². The van der Waals surface area contributed by atoms with Crippen molar-refractivity contribution in [2.24, 2.45) is 0 Å². The van der Waals surface area contributed by atoms with Gasteiger partial charge in [-0.05, 0) is 51.6 Å². The molecular weight excluding hydrogens is 312 g/mol. The number of benzene rings is 1. The largest absolute Gasteiger partial charge is 0.352 e. The zero-order valence-corrected chi connectivity index (χ0v) is 14.7. The van der Waals surface area contributed by atoms with Gasteiger partial charge in [0.25, 0.3) is 0 Å². The molecule has 0 spiro atoms. The average Bonchev–Trinajstić information content (AvgIpc) is 2.84. The Morgan fingerprint density at radius 1 is 1.26 bits per heavy atom. The van der Waals surface area contributed by atoms with Crippen LogP contribution in [-0.2, 0) is 11.3 Å². The Bertz CT molecular complexity index is 639. The summed E-state index contributed by atoms with van der Waals surface area (Å²) in [5.41, 5.74) is 4.16. The summed E-state index contributed by atoms with van der Waals surface area (Å²) in [7, 11) is 1.89. The van der Waals surface area contributed by atoms with Gasteiger partial charge in [0.2, 0.25) is 5.91 Å². The van der Waals surface area contributed by atoms with Crippen LogP contribution in [0.1, 0.15) is 29.8 Å². The molecule has 2 aromatic rings. The number of hydrogen-bond acceptors (Lipinski definition) is 3. The molecule has 1 aromatic heterocycles. The van der Waals surface area contributed by atoms with Crippen LogP contribution in [0.3, 0.4) is 0 Å². The molecule has 1 amide bonds. The molecule has 0 saturated carbocycles. The molecule has 6 heteroatoms. The van der Waals surface area contributed by atoms with Gasteiger partial charge in [-0.25, -0.2) is 4.68 Å². The second kappa shape index (κ2) is 9.33. The van der Waals surface area contributed by atoms with Crippen LogP contribution in [0, 0.1) is 13.8 Å². The molecule has 0 bridgehead atoms. The van der Waals surface area contributed by atoms with Crippen molar-refractivity contribution in [3.63, 3.8) is 0 Å². The number of rotatable bonds is 7. The lowest BCUT2D eigenvalue weighted by Crippen LogP contribution is -2.24. The number of hydrogen-bond donors (Lipinski definition) is 2. The van der Waals surface area contributed by atoms with E-state index in [9.17, 15) is 4.79 Å². The van der Waals surface area contributed by atoms with Crippen LogP contribution in [0.4, 0.5) is 0 Å². The number of para-hydroxylation sites is 1. The lowest BCUT2D eigenvalue weighted by Gasteiger charge is -2.12. The Kier molecular flexibility index (Phi) is 7.78. The molecule has 0 aliphatic carbocycles. The van der Waals surface area contributed by atoms with Gasteiger partial charge >= 0.3 is 0 Å². The molecule has 0 saturated heterocycles. The van der Waals surface area contributed by atoms with Crippen molar-refractivity contribution in [3.05, 3.63) is 47.3 Å². The lowest BCUT2D eigenvalue weighted by molar-refractivity contribution is -0.121. The van der Waals surface area contributed by atoms with Gasteiger partial charge in [-0.15, -0.1) is 12.4 Å². The highest BCUT2D eigenvalue weighted by molar-refractivity contribution is 5.85. The maximum absolute atomic E-state index is 11.8. The highest BCUT2D eigenvalue weighted by Crippen LogP contribution is 2.16. The maximum atomic E-state index is 11.8. The summed E-state index contributed by atoms with van der Waals surface area (Å²) in [6.07, 6.45) is 1.39. The summed E-state index contributed by atoms with van der Waals surface area (Å²) in [5.74, 6) is 0.0819. The molecule has 0 aliphatic heterocycles. The van der Waals surface area contributed by atoms with Gasteiger partial charge in [-0.3, -0.25) is 4.79 Å². The van der Waals surface area contributed by atoms with E-state index in [0.29, 0.717) is 13.0 Å². The molecule has 0 fully saturated rings. The van der Waals surface area contributed by atoms with E-state index in [4.69, 9.17) is 0 Å². The van der Waals surface area contributed by atoms with Gasteiger partial charge in [-0.2, -0.15) is 5.10 Å². The fourth-order valence-electron chi connectivity index (χ4n) is 2.45. The molecule has 1 heterocycles. The third-order valence-electron chi connectivity index (χ3n) is 3.54. The van der Waals surface area contributed by atoms with Crippen molar-refractivity contribution < 1.29 is 4.79 Å². The minimum absolute atomic E-state index is 0. The number of halogens is 1. The molecule has 126 valence electrons. The molecule has 0 aliphatic rings. The Labute approximate surface area is 143 Å². The first-order valence-corrected chi connectivity index (χ1v) is 7.64. The highest BCUT2D eigenvalue weighted by Gasteiger charge is 2.09. The van der Waals surface area contributed by atoms with E-state index in [-0.39, 0.29) is 18.3 Å². The number of nitrogens with one attached hydrogen (secondary N) is 2. The summed E-state index contributed by atoms with van der Waals surface area (Å²) in [6, 6.07) is 10.1. The first-order valence-electron chi connectivity index (χ1n) is 7.64. The van der Waals surface area contributed by atoms with E-state index in [1.54, 1.807) is 0 Å². The quantitative estimate of drug-likeness (QED) is 0.764. The van der Waals surface area contributed by atoms with E-state index < -0.39 is 0 Å². The molecule has 23 heavy (non-hydrogen) atoms. The van der Waals surface area contributed by atoms with Crippen LogP contribution in [0.2, 0.25) is 0 Å².